The second-order valence-corrected chi connectivity index (χ2v) is 1.95. The second kappa shape index (κ2) is 4.57. The van der Waals surface area contributed by atoms with Gasteiger partial charge in [-0.05, 0) is 13.3 Å². The molecule has 1 amide bonds. The lowest BCUT2D eigenvalue weighted by atomic mass is 10.2. The number of allylic oxidation sites excluding steroid dienone is 1. The largest absolute Gasteiger partial charge is 0.366 e. The first-order valence-corrected chi connectivity index (χ1v) is 3.02. The van der Waals surface area contributed by atoms with Gasteiger partial charge in [-0.3, -0.25) is 4.79 Å². The Morgan fingerprint density at radius 2 is 2.40 bits per heavy atom. The number of carbonyl (C=O) groups excluding carboxylic acids is 1. The molecule has 54 valence electrons. The summed E-state index contributed by atoms with van der Waals surface area (Å²) in [6, 6.07) is 1.97. The van der Waals surface area contributed by atoms with Gasteiger partial charge in [0.05, 0.1) is 6.07 Å². The van der Waals surface area contributed by atoms with Gasteiger partial charge in [0.2, 0.25) is 5.91 Å². The van der Waals surface area contributed by atoms with E-state index in [9.17, 15) is 4.79 Å². The van der Waals surface area contributed by atoms with Gasteiger partial charge >= 0.3 is 0 Å². The normalized spacial score (nSPS) is 10.6. The molecule has 2 N–H and O–H groups in total. The fourth-order valence-electron chi connectivity index (χ4n) is 0.454. The zero-order chi connectivity index (χ0) is 7.98. The molecule has 0 aliphatic heterocycles. The van der Waals surface area contributed by atoms with E-state index in [1.807, 2.05) is 6.07 Å². The predicted molar refractivity (Wildman–Crippen MR) is 37.8 cm³/mol. The molecule has 0 aromatic heterocycles. The molecule has 0 rings (SSSR count). The van der Waals surface area contributed by atoms with E-state index in [1.165, 1.54) is 0 Å². The summed E-state index contributed by atoms with van der Waals surface area (Å²) in [5.74, 6) is -0.419. The van der Waals surface area contributed by atoms with Gasteiger partial charge in [0.15, 0.2) is 0 Å². The van der Waals surface area contributed by atoms with Crippen LogP contribution in [0.1, 0.15) is 19.8 Å². The van der Waals surface area contributed by atoms with E-state index >= 15 is 0 Å². The van der Waals surface area contributed by atoms with Crippen LogP contribution in [-0.4, -0.2) is 5.91 Å². The SMILES string of the molecule is C/C(=C\CCC#N)C(N)=O. The van der Waals surface area contributed by atoms with E-state index in [4.69, 9.17) is 11.0 Å². The lowest BCUT2D eigenvalue weighted by molar-refractivity contribution is -0.114. The summed E-state index contributed by atoms with van der Waals surface area (Å²) >= 11 is 0. The second-order valence-electron chi connectivity index (χ2n) is 1.95. The molecule has 0 aliphatic carbocycles. The monoisotopic (exact) mass is 138 g/mol. The highest BCUT2D eigenvalue weighted by atomic mass is 16.1. The first-order chi connectivity index (χ1) is 4.68. The maximum atomic E-state index is 10.4. The molecule has 0 aliphatic rings. The molecule has 0 fully saturated rings. The molecule has 0 radical (unpaired) electrons. The molecule has 3 nitrogen and oxygen atoms in total. The van der Waals surface area contributed by atoms with Crippen LogP contribution in [0.25, 0.3) is 0 Å². The van der Waals surface area contributed by atoms with Gasteiger partial charge in [-0.15, -0.1) is 0 Å². The van der Waals surface area contributed by atoms with Crippen LogP contribution in [0, 0.1) is 11.3 Å². The van der Waals surface area contributed by atoms with Crippen LogP contribution in [0.5, 0.6) is 0 Å². The fourth-order valence-corrected chi connectivity index (χ4v) is 0.454. The molecule has 3 heteroatoms. The van der Waals surface area contributed by atoms with Gasteiger partial charge in [0, 0.05) is 12.0 Å². The number of rotatable bonds is 3. The summed E-state index contributed by atoms with van der Waals surface area (Å²) in [5, 5.41) is 8.12. The maximum absolute atomic E-state index is 10.4. The molecule has 0 bridgehead atoms. The van der Waals surface area contributed by atoms with Crippen molar-refractivity contribution in [3.05, 3.63) is 11.6 Å². The highest BCUT2D eigenvalue weighted by Crippen LogP contribution is 1.95. The first-order valence-electron chi connectivity index (χ1n) is 3.02. The van der Waals surface area contributed by atoms with Crippen LogP contribution >= 0.6 is 0 Å². The molecular weight excluding hydrogens is 128 g/mol. The summed E-state index contributed by atoms with van der Waals surface area (Å²) in [6.07, 6.45) is 2.71. The third-order valence-electron chi connectivity index (χ3n) is 1.10. The van der Waals surface area contributed by atoms with Crippen molar-refractivity contribution < 1.29 is 4.79 Å². The van der Waals surface area contributed by atoms with Crippen molar-refractivity contribution in [1.82, 2.24) is 0 Å². The Bertz CT molecular complexity index is 188. The fraction of sp³-hybridized carbons (Fsp3) is 0.429. The van der Waals surface area contributed by atoms with Crippen molar-refractivity contribution in [2.75, 3.05) is 0 Å². The van der Waals surface area contributed by atoms with Gasteiger partial charge in [-0.1, -0.05) is 6.08 Å². The van der Waals surface area contributed by atoms with E-state index in [2.05, 4.69) is 0 Å². The molecule has 0 spiro atoms. The van der Waals surface area contributed by atoms with E-state index < -0.39 is 5.91 Å². The highest BCUT2D eigenvalue weighted by Gasteiger charge is 1.93. The number of hydrogen-bond donors (Lipinski definition) is 1. The average molecular weight is 138 g/mol. The van der Waals surface area contributed by atoms with Crippen molar-refractivity contribution in [3.63, 3.8) is 0 Å². The highest BCUT2D eigenvalue weighted by molar-refractivity contribution is 5.91. The van der Waals surface area contributed by atoms with Crippen molar-refractivity contribution in [2.45, 2.75) is 19.8 Å². The topological polar surface area (TPSA) is 66.9 Å². The number of nitrogens with two attached hydrogens (primary N) is 1. The lowest BCUT2D eigenvalue weighted by Gasteiger charge is -1.90. The molecule has 10 heavy (non-hydrogen) atoms. The number of primary amides is 1. The summed E-state index contributed by atoms with van der Waals surface area (Å²) in [4.78, 5) is 10.4. The molecule has 0 unspecified atom stereocenters. The number of carbonyl (C=O) groups is 1. The molecule has 0 saturated carbocycles. The summed E-state index contributed by atoms with van der Waals surface area (Å²) in [5.41, 5.74) is 5.45. The predicted octanol–water partition coefficient (Wildman–Crippen LogP) is 0.722. The van der Waals surface area contributed by atoms with Crippen molar-refractivity contribution >= 4 is 5.91 Å². The van der Waals surface area contributed by atoms with Crippen molar-refractivity contribution in [2.24, 2.45) is 5.73 Å². The van der Waals surface area contributed by atoms with Crippen molar-refractivity contribution in [1.29, 1.82) is 5.26 Å². The van der Waals surface area contributed by atoms with Crippen LogP contribution in [0.4, 0.5) is 0 Å². The average Bonchev–Trinajstić information content (AvgIpc) is 1.88. The van der Waals surface area contributed by atoms with E-state index in [1.54, 1.807) is 13.0 Å². The van der Waals surface area contributed by atoms with Crippen LogP contribution in [-0.2, 0) is 4.79 Å². The zero-order valence-corrected chi connectivity index (χ0v) is 5.92. The Hall–Kier alpha value is -1.30. The third-order valence-corrected chi connectivity index (χ3v) is 1.10. The summed E-state index contributed by atoms with van der Waals surface area (Å²) in [7, 11) is 0. The number of nitrogens with zero attached hydrogens (tertiary/aromatic N) is 1. The van der Waals surface area contributed by atoms with Crippen molar-refractivity contribution in [3.8, 4) is 6.07 Å². The number of unbranched alkanes of at least 4 members (excludes halogenated alkanes) is 1. The van der Waals surface area contributed by atoms with Gasteiger partial charge in [-0.25, -0.2) is 0 Å². The molecule has 0 aromatic carbocycles. The quantitative estimate of drug-likeness (QED) is 0.461. The Balaban J connectivity index is 3.72. The number of amides is 1. The Morgan fingerprint density at radius 1 is 1.80 bits per heavy atom. The van der Waals surface area contributed by atoms with Gasteiger partial charge < -0.3 is 5.73 Å². The molecule has 0 atom stereocenters. The summed E-state index contributed by atoms with van der Waals surface area (Å²) < 4.78 is 0. The van der Waals surface area contributed by atoms with Gasteiger partial charge in [0.1, 0.15) is 0 Å². The smallest absolute Gasteiger partial charge is 0.244 e. The van der Waals surface area contributed by atoms with Crippen LogP contribution < -0.4 is 5.73 Å². The molecule has 0 heterocycles. The number of hydrogen-bond acceptors (Lipinski definition) is 2. The van der Waals surface area contributed by atoms with Crippen LogP contribution in [0.3, 0.4) is 0 Å². The zero-order valence-electron chi connectivity index (χ0n) is 5.92. The van der Waals surface area contributed by atoms with Crippen LogP contribution in [0.2, 0.25) is 0 Å². The van der Waals surface area contributed by atoms with Gasteiger partial charge in [0.25, 0.3) is 0 Å². The standard InChI is InChI=1S/C7H10N2O/c1-6(7(9)10)4-2-3-5-8/h4H,2-3H2,1H3,(H2,9,10)/b6-4+. The minimum Gasteiger partial charge on any atom is -0.366 e. The third kappa shape index (κ3) is 3.67. The Kier molecular flexibility index (Phi) is 3.97. The van der Waals surface area contributed by atoms with Gasteiger partial charge in [-0.2, -0.15) is 5.26 Å². The minimum atomic E-state index is -0.419. The summed E-state index contributed by atoms with van der Waals surface area (Å²) in [6.45, 7) is 1.64. The molecule has 0 saturated heterocycles. The molecular formula is C7H10N2O. The Labute approximate surface area is 60.1 Å². The van der Waals surface area contributed by atoms with E-state index in [-0.39, 0.29) is 0 Å². The first kappa shape index (κ1) is 8.70. The maximum Gasteiger partial charge on any atom is 0.244 e. The Morgan fingerprint density at radius 3 is 2.80 bits per heavy atom. The number of nitriles is 1. The van der Waals surface area contributed by atoms with Crippen LogP contribution in [0.15, 0.2) is 11.6 Å². The lowest BCUT2D eigenvalue weighted by Crippen LogP contribution is -2.11. The van der Waals surface area contributed by atoms with E-state index in [0.29, 0.717) is 18.4 Å². The van der Waals surface area contributed by atoms with E-state index in [0.717, 1.165) is 0 Å². The molecule has 0 aromatic rings. The minimum absolute atomic E-state index is 0.419.